The van der Waals surface area contributed by atoms with Crippen molar-refractivity contribution in [1.29, 1.82) is 0 Å². The Morgan fingerprint density at radius 2 is 1.74 bits per heavy atom. The summed E-state index contributed by atoms with van der Waals surface area (Å²) in [5, 5.41) is 0.788. The molecule has 0 aliphatic rings. The SMILES string of the molecule is CC(C)(C)OC(=O)n1c(-c2ccccc2)cc2ccc(F)cc21. The summed E-state index contributed by atoms with van der Waals surface area (Å²) in [5.41, 5.74) is 1.42. The number of hydrogen-bond acceptors (Lipinski definition) is 2. The molecule has 0 saturated heterocycles. The van der Waals surface area contributed by atoms with Crippen LogP contribution in [0.3, 0.4) is 0 Å². The van der Waals surface area contributed by atoms with Gasteiger partial charge in [-0.15, -0.1) is 0 Å². The summed E-state index contributed by atoms with van der Waals surface area (Å²) in [6.45, 7) is 5.41. The van der Waals surface area contributed by atoms with Crippen LogP contribution in [0.2, 0.25) is 0 Å². The first-order chi connectivity index (χ1) is 10.8. The zero-order chi connectivity index (χ0) is 16.6. The molecule has 4 heteroatoms. The fraction of sp³-hybridized carbons (Fsp3) is 0.211. The number of benzene rings is 2. The molecular weight excluding hydrogens is 293 g/mol. The number of aromatic nitrogens is 1. The van der Waals surface area contributed by atoms with Crippen LogP contribution in [0.5, 0.6) is 0 Å². The standard InChI is InChI=1S/C19H18FNO2/c1-19(2,3)23-18(22)21-16(13-7-5-4-6-8-13)11-14-9-10-15(20)12-17(14)21/h4-12H,1-3H3. The maximum absolute atomic E-state index is 13.7. The summed E-state index contributed by atoms with van der Waals surface area (Å²) in [7, 11) is 0. The first kappa shape index (κ1) is 15.3. The van der Waals surface area contributed by atoms with E-state index in [4.69, 9.17) is 4.74 Å². The van der Waals surface area contributed by atoms with Crippen molar-refractivity contribution in [1.82, 2.24) is 4.57 Å². The Balaban J connectivity index is 2.23. The molecule has 0 unspecified atom stereocenters. The smallest absolute Gasteiger partial charge is 0.419 e. The average Bonchev–Trinajstić information content (AvgIpc) is 2.85. The summed E-state index contributed by atoms with van der Waals surface area (Å²) in [6, 6.07) is 15.8. The van der Waals surface area contributed by atoms with Gasteiger partial charge in [-0.2, -0.15) is 0 Å². The molecule has 3 rings (SSSR count). The second-order valence-corrected chi connectivity index (χ2v) is 6.41. The fourth-order valence-corrected chi connectivity index (χ4v) is 2.50. The Bertz CT molecular complexity index is 860. The highest BCUT2D eigenvalue weighted by Gasteiger charge is 2.22. The van der Waals surface area contributed by atoms with E-state index in [9.17, 15) is 9.18 Å². The number of hydrogen-bond donors (Lipinski definition) is 0. The quantitative estimate of drug-likeness (QED) is 0.616. The Morgan fingerprint density at radius 3 is 2.39 bits per heavy atom. The molecule has 3 aromatic rings. The van der Waals surface area contributed by atoms with Gasteiger partial charge in [-0.1, -0.05) is 30.3 Å². The van der Waals surface area contributed by atoms with Crippen molar-refractivity contribution >= 4 is 17.0 Å². The zero-order valence-electron chi connectivity index (χ0n) is 13.3. The van der Waals surface area contributed by atoms with Crippen LogP contribution in [-0.4, -0.2) is 16.3 Å². The Kier molecular flexibility index (Phi) is 3.68. The van der Waals surface area contributed by atoms with E-state index in [1.54, 1.807) is 26.8 Å². The largest absolute Gasteiger partial charge is 0.443 e. The van der Waals surface area contributed by atoms with Crippen molar-refractivity contribution in [3.8, 4) is 11.3 Å². The summed E-state index contributed by atoms with van der Waals surface area (Å²) in [6.07, 6.45) is -0.517. The summed E-state index contributed by atoms with van der Waals surface area (Å²) in [4.78, 5) is 12.7. The van der Waals surface area contributed by atoms with Crippen molar-refractivity contribution in [2.24, 2.45) is 0 Å². The van der Waals surface area contributed by atoms with E-state index in [0.29, 0.717) is 11.2 Å². The van der Waals surface area contributed by atoms with E-state index in [1.807, 2.05) is 36.4 Å². The molecule has 118 valence electrons. The molecule has 0 bridgehead atoms. The van der Waals surface area contributed by atoms with Gasteiger partial charge in [-0.05, 0) is 50.6 Å². The maximum atomic E-state index is 13.7. The highest BCUT2D eigenvalue weighted by Crippen LogP contribution is 2.29. The zero-order valence-corrected chi connectivity index (χ0v) is 13.3. The molecule has 2 aromatic carbocycles. The molecule has 1 aromatic heterocycles. The molecule has 0 saturated carbocycles. The van der Waals surface area contributed by atoms with Gasteiger partial charge in [0.1, 0.15) is 11.4 Å². The van der Waals surface area contributed by atoms with Gasteiger partial charge in [-0.3, -0.25) is 0 Å². The minimum absolute atomic E-state index is 0.389. The van der Waals surface area contributed by atoms with Gasteiger partial charge < -0.3 is 4.74 Å². The van der Waals surface area contributed by atoms with Gasteiger partial charge in [0.2, 0.25) is 0 Å². The number of rotatable bonds is 1. The van der Waals surface area contributed by atoms with Crippen LogP contribution in [0.25, 0.3) is 22.2 Å². The molecule has 23 heavy (non-hydrogen) atoms. The number of ether oxygens (including phenoxy) is 1. The third kappa shape index (κ3) is 3.11. The van der Waals surface area contributed by atoms with E-state index in [-0.39, 0.29) is 5.82 Å². The lowest BCUT2D eigenvalue weighted by Gasteiger charge is -2.21. The van der Waals surface area contributed by atoms with Crippen molar-refractivity contribution in [3.63, 3.8) is 0 Å². The van der Waals surface area contributed by atoms with Crippen LogP contribution in [0.1, 0.15) is 20.8 Å². The molecule has 0 amide bonds. The van der Waals surface area contributed by atoms with Gasteiger partial charge in [0, 0.05) is 5.39 Å². The number of carbonyl (C=O) groups excluding carboxylic acids is 1. The summed E-state index contributed by atoms with van der Waals surface area (Å²) in [5.74, 6) is -0.389. The normalized spacial score (nSPS) is 11.7. The maximum Gasteiger partial charge on any atom is 0.419 e. The van der Waals surface area contributed by atoms with Gasteiger partial charge in [-0.25, -0.2) is 13.8 Å². The monoisotopic (exact) mass is 311 g/mol. The molecule has 0 fully saturated rings. The first-order valence-electron chi connectivity index (χ1n) is 7.45. The van der Waals surface area contributed by atoms with Gasteiger partial charge >= 0.3 is 6.09 Å². The van der Waals surface area contributed by atoms with Gasteiger partial charge in [0.05, 0.1) is 11.2 Å². The van der Waals surface area contributed by atoms with Crippen molar-refractivity contribution in [2.45, 2.75) is 26.4 Å². The Hall–Kier alpha value is -2.62. The second kappa shape index (κ2) is 5.54. The highest BCUT2D eigenvalue weighted by molar-refractivity contribution is 5.96. The number of fused-ring (bicyclic) bond motifs is 1. The third-order valence-corrected chi connectivity index (χ3v) is 3.41. The molecule has 0 spiro atoms. The van der Waals surface area contributed by atoms with E-state index >= 15 is 0 Å². The fourth-order valence-electron chi connectivity index (χ4n) is 2.50. The van der Waals surface area contributed by atoms with E-state index in [0.717, 1.165) is 10.9 Å². The molecule has 0 N–H and O–H groups in total. The van der Waals surface area contributed by atoms with Crippen LogP contribution in [-0.2, 0) is 4.74 Å². The van der Waals surface area contributed by atoms with Crippen LogP contribution in [0, 0.1) is 5.82 Å². The summed E-state index contributed by atoms with van der Waals surface area (Å²) < 4.78 is 20.6. The van der Waals surface area contributed by atoms with Crippen molar-refractivity contribution < 1.29 is 13.9 Å². The van der Waals surface area contributed by atoms with E-state index in [2.05, 4.69) is 0 Å². The van der Waals surface area contributed by atoms with Gasteiger partial charge in [0.25, 0.3) is 0 Å². The second-order valence-electron chi connectivity index (χ2n) is 6.41. The Labute approximate surface area is 134 Å². The lowest BCUT2D eigenvalue weighted by atomic mass is 10.1. The highest BCUT2D eigenvalue weighted by atomic mass is 19.1. The lowest BCUT2D eigenvalue weighted by molar-refractivity contribution is 0.0547. The molecule has 3 nitrogen and oxygen atoms in total. The average molecular weight is 311 g/mol. The summed E-state index contributed by atoms with van der Waals surface area (Å²) >= 11 is 0. The Morgan fingerprint density at radius 1 is 1.04 bits per heavy atom. The minimum atomic E-state index is -0.630. The molecule has 0 radical (unpaired) electrons. The van der Waals surface area contributed by atoms with E-state index < -0.39 is 11.7 Å². The minimum Gasteiger partial charge on any atom is -0.443 e. The molecule has 0 aliphatic heterocycles. The van der Waals surface area contributed by atoms with Crippen LogP contribution in [0.4, 0.5) is 9.18 Å². The molecule has 0 aliphatic carbocycles. The third-order valence-electron chi connectivity index (χ3n) is 3.41. The molecular formula is C19H18FNO2. The molecule has 1 heterocycles. The number of halogens is 1. The number of nitrogens with zero attached hydrogens (tertiary/aromatic N) is 1. The van der Waals surface area contributed by atoms with Crippen LogP contribution >= 0.6 is 0 Å². The topological polar surface area (TPSA) is 31.2 Å². The predicted molar refractivity (Wildman–Crippen MR) is 89.0 cm³/mol. The van der Waals surface area contributed by atoms with Crippen LogP contribution < -0.4 is 0 Å². The molecule has 0 atom stereocenters. The number of carbonyl (C=O) groups is 1. The van der Waals surface area contributed by atoms with E-state index in [1.165, 1.54) is 16.7 Å². The predicted octanol–water partition coefficient (Wildman–Crippen LogP) is 5.23. The van der Waals surface area contributed by atoms with Gasteiger partial charge in [0.15, 0.2) is 0 Å². The lowest BCUT2D eigenvalue weighted by Crippen LogP contribution is -2.27. The van der Waals surface area contributed by atoms with Crippen LogP contribution in [0.15, 0.2) is 54.6 Å². The van der Waals surface area contributed by atoms with Crippen molar-refractivity contribution in [2.75, 3.05) is 0 Å². The first-order valence-corrected chi connectivity index (χ1v) is 7.45. The van der Waals surface area contributed by atoms with Crippen molar-refractivity contribution in [3.05, 3.63) is 60.4 Å².